The highest BCUT2D eigenvalue weighted by Crippen LogP contribution is 2.21. The Labute approximate surface area is 157 Å². The lowest BCUT2D eigenvalue weighted by molar-refractivity contribution is -0.132. The van der Waals surface area contributed by atoms with Gasteiger partial charge in [0, 0.05) is 32.6 Å². The molecule has 0 atom stereocenters. The summed E-state index contributed by atoms with van der Waals surface area (Å²) in [5.74, 6) is -0.974. The number of hydrogen-bond donors (Lipinski definition) is 0. The van der Waals surface area contributed by atoms with Crippen LogP contribution in [0.5, 0.6) is 0 Å². The van der Waals surface area contributed by atoms with Crippen molar-refractivity contribution >= 4 is 23.4 Å². The zero-order chi connectivity index (χ0) is 18.5. The minimum Gasteiger partial charge on any atom is -0.339 e. The van der Waals surface area contributed by atoms with Crippen LogP contribution in [0.4, 0.5) is 4.39 Å². The van der Waals surface area contributed by atoms with E-state index in [-0.39, 0.29) is 16.5 Å². The van der Waals surface area contributed by atoms with Gasteiger partial charge in [-0.1, -0.05) is 48.0 Å². The van der Waals surface area contributed by atoms with Crippen molar-refractivity contribution in [2.45, 2.75) is 12.8 Å². The first-order valence-electron chi connectivity index (χ1n) is 8.61. The number of rotatable bonds is 4. The molecular formula is C20H20ClFN2O2. The van der Waals surface area contributed by atoms with Gasteiger partial charge in [-0.25, -0.2) is 4.39 Å². The number of amides is 2. The molecule has 2 aromatic carbocycles. The van der Waals surface area contributed by atoms with Crippen molar-refractivity contribution in [1.29, 1.82) is 0 Å². The molecule has 2 amide bonds. The molecule has 0 bridgehead atoms. The molecule has 6 heteroatoms. The summed E-state index contributed by atoms with van der Waals surface area (Å²) in [6.07, 6.45) is 1.14. The zero-order valence-electron chi connectivity index (χ0n) is 14.3. The van der Waals surface area contributed by atoms with Crippen molar-refractivity contribution in [2.75, 3.05) is 26.2 Å². The average Bonchev–Trinajstić information content (AvgIpc) is 2.67. The van der Waals surface area contributed by atoms with Crippen LogP contribution < -0.4 is 0 Å². The molecule has 0 N–H and O–H groups in total. The number of carbonyl (C=O) groups is 2. The molecule has 0 aromatic heterocycles. The maximum Gasteiger partial charge on any atom is 0.258 e. The van der Waals surface area contributed by atoms with Crippen molar-refractivity contribution in [3.05, 3.63) is 70.5 Å². The molecule has 0 saturated carbocycles. The number of piperazine rings is 1. The molecule has 0 radical (unpaired) electrons. The molecule has 1 heterocycles. The van der Waals surface area contributed by atoms with Crippen LogP contribution in [0.1, 0.15) is 22.3 Å². The normalized spacial score (nSPS) is 14.4. The summed E-state index contributed by atoms with van der Waals surface area (Å²) in [5, 5.41) is 0.108. The number of benzene rings is 2. The van der Waals surface area contributed by atoms with Crippen molar-refractivity contribution in [1.82, 2.24) is 9.80 Å². The molecule has 26 heavy (non-hydrogen) atoms. The first-order chi connectivity index (χ1) is 12.6. The van der Waals surface area contributed by atoms with Crippen LogP contribution in [-0.2, 0) is 11.2 Å². The van der Waals surface area contributed by atoms with E-state index in [0.29, 0.717) is 39.0 Å². The van der Waals surface area contributed by atoms with Crippen LogP contribution in [0.3, 0.4) is 0 Å². The summed E-state index contributed by atoms with van der Waals surface area (Å²) in [7, 11) is 0. The van der Waals surface area contributed by atoms with Crippen molar-refractivity contribution in [2.24, 2.45) is 0 Å². The third kappa shape index (κ3) is 4.22. The van der Waals surface area contributed by atoms with E-state index in [2.05, 4.69) is 0 Å². The molecule has 0 aliphatic carbocycles. The van der Waals surface area contributed by atoms with Crippen molar-refractivity contribution < 1.29 is 14.0 Å². The fraction of sp³-hybridized carbons (Fsp3) is 0.300. The monoisotopic (exact) mass is 374 g/mol. The minimum atomic E-state index is -0.621. The standard InChI is InChI=1S/C20H20ClFN2O2/c21-16-7-4-8-17(22)19(16)20(26)24-13-11-23(12-14-24)18(25)10-9-15-5-2-1-3-6-15/h1-8H,9-14H2. The molecular weight excluding hydrogens is 355 g/mol. The topological polar surface area (TPSA) is 40.6 Å². The Morgan fingerprint density at radius 3 is 2.23 bits per heavy atom. The van der Waals surface area contributed by atoms with Gasteiger partial charge in [0.15, 0.2) is 0 Å². The van der Waals surface area contributed by atoms with Gasteiger partial charge in [-0.05, 0) is 24.1 Å². The van der Waals surface area contributed by atoms with Crippen LogP contribution in [0, 0.1) is 5.82 Å². The van der Waals surface area contributed by atoms with E-state index in [1.165, 1.54) is 18.2 Å². The quantitative estimate of drug-likeness (QED) is 0.823. The van der Waals surface area contributed by atoms with Crippen molar-refractivity contribution in [3.8, 4) is 0 Å². The first-order valence-corrected chi connectivity index (χ1v) is 8.99. The van der Waals surface area contributed by atoms with Gasteiger partial charge in [0.05, 0.1) is 10.6 Å². The average molecular weight is 375 g/mol. The number of carbonyl (C=O) groups excluding carboxylic acids is 2. The Bertz CT molecular complexity index is 769. The van der Waals surface area contributed by atoms with Crippen LogP contribution >= 0.6 is 11.6 Å². The van der Waals surface area contributed by atoms with Gasteiger partial charge in [0.2, 0.25) is 5.91 Å². The molecule has 1 fully saturated rings. The highest BCUT2D eigenvalue weighted by atomic mass is 35.5. The van der Waals surface area contributed by atoms with E-state index >= 15 is 0 Å². The zero-order valence-corrected chi connectivity index (χ0v) is 15.1. The summed E-state index contributed by atoms with van der Waals surface area (Å²) in [6, 6.07) is 14.1. The van der Waals surface area contributed by atoms with Crippen LogP contribution in [0.2, 0.25) is 5.02 Å². The molecule has 136 valence electrons. The van der Waals surface area contributed by atoms with Crippen LogP contribution in [0.25, 0.3) is 0 Å². The van der Waals surface area contributed by atoms with Gasteiger partial charge >= 0.3 is 0 Å². The van der Waals surface area contributed by atoms with E-state index in [1.807, 2.05) is 30.3 Å². The lowest BCUT2D eigenvalue weighted by atomic mass is 10.1. The largest absolute Gasteiger partial charge is 0.339 e. The molecule has 1 aliphatic heterocycles. The lowest BCUT2D eigenvalue weighted by Gasteiger charge is -2.35. The summed E-state index contributed by atoms with van der Waals surface area (Å²) in [5.41, 5.74) is 1.03. The summed E-state index contributed by atoms with van der Waals surface area (Å²) >= 11 is 5.97. The maximum absolute atomic E-state index is 13.9. The summed E-state index contributed by atoms with van der Waals surface area (Å²) in [6.45, 7) is 1.65. The third-order valence-electron chi connectivity index (χ3n) is 4.57. The van der Waals surface area contributed by atoms with E-state index in [1.54, 1.807) is 9.80 Å². The van der Waals surface area contributed by atoms with Gasteiger partial charge in [-0.2, -0.15) is 0 Å². The minimum absolute atomic E-state index is 0.0740. The Hall–Kier alpha value is -2.40. The highest BCUT2D eigenvalue weighted by molar-refractivity contribution is 6.33. The fourth-order valence-corrected chi connectivity index (χ4v) is 3.32. The number of halogens is 2. The second kappa shape index (κ2) is 8.32. The van der Waals surface area contributed by atoms with E-state index in [9.17, 15) is 14.0 Å². The number of nitrogens with zero attached hydrogens (tertiary/aromatic N) is 2. The third-order valence-corrected chi connectivity index (χ3v) is 4.88. The molecule has 1 aliphatic rings. The molecule has 2 aromatic rings. The van der Waals surface area contributed by atoms with Gasteiger partial charge in [0.1, 0.15) is 5.82 Å². The highest BCUT2D eigenvalue weighted by Gasteiger charge is 2.27. The van der Waals surface area contributed by atoms with Crippen molar-refractivity contribution in [3.63, 3.8) is 0 Å². The number of aryl methyl sites for hydroxylation is 1. The molecule has 1 saturated heterocycles. The Morgan fingerprint density at radius 1 is 0.923 bits per heavy atom. The second-order valence-electron chi connectivity index (χ2n) is 6.26. The van der Waals surface area contributed by atoms with Crippen LogP contribution in [0.15, 0.2) is 48.5 Å². The smallest absolute Gasteiger partial charge is 0.258 e. The van der Waals surface area contributed by atoms with E-state index in [4.69, 9.17) is 11.6 Å². The van der Waals surface area contributed by atoms with Gasteiger partial charge in [0.25, 0.3) is 5.91 Å². The fourth-order valence-electron chi connectivity index (χ4n) is 3.07. The Morgan fingerprint density at radius 2 is 1.58 bits per heavy atom. The van der Waals surface area contributed by atoms with Gasteiger partial charge in [-0.15, -0.1) is 0 Å². The molecule has 0 unspecified atom stereocenters. The van der Waals surface area contributed by atoms with Gasteiger partial charge in [-0.3, -0.25) is 9.59 Å². The predicted octanol–water partition coefficient (Wildman–Crippen LogP) is 3.40. The maximum atomic E-state index is 13.9. The first kappa shape index (κ1) is 18.4. The molecule has 4 nitrogen and oxygen atoms in total. The SMILES string of the molecule is O=C(CCc1ccccc1)N1CCN(C(=O)c2c(F)cccc2Cl)CC1. The lowest BCUT2D eigenvalue weighted by Crippen LogP contribution is -2.50. The number of hydrogen-bond acceptors (Lipinski definition) is 2. The second-order valence-corrected chi connectivity index (χ2v) is 6.66. The van der Waals surface area contributed by atoms with E-state index in [0.717, 1.165) is 5.56 Å². The van der Waals surface area contributed by atoms with Gasteiger partial charge < -0.3 is 9.80 Å². The summed E-state index contributed by atoms with van der Waals surface area (Å²) < 4.78 is 13.9. The summed E-state index contributed by atoms with van der Waals surface area (Å²) in [4.78, 5) is 28.2. The Balaban J connectivity index is 1.54. The van der Waals surface area contributed by atoms with E-state index < -0.39 is 11.7 Å². The molecule has 0 spiro atoms. The van der Waals surface area contributed by atoms with Crippen LogP contribution in [-0.4, -0.2) is 47.8 Å². The predicted molar refractivity (Wildman–Crippen MR) is 98.7 cm³/mol. The molecule has 3 rings (SSSR count). The Kier molecular flexibility index (Phi) is 5.89.